The monoisotopic (exact) mass is 291 g/mol. The second kappa shape index (κ2) is 12.2. The van der Waals surface area contributed by atoms with Gasteiger partial charge in [-0.2, -0.15) is 0 Å². The molecule has 6 nitrogen and oxygen atoms in total. The van der Waals surface area contributed by atoms with E-state index in [1.54, 1.807) is 6.21 Å². The summed E-state index contributed by atoms with van der Waals surface area (Å²) < 4.78 is 0. The predicted octanol–water partition coefficient (Wildman–Crippen LogP) is -0.146. The Labute approximate surface area is 120 Å². The van der Waals surface area contributed by atoms with Gasteiger partial charge in [0.1, 0.15) is 24.4 Å². The number of aliphatic hydroxyl groups excluding tert-OH is 5. The summed E-state index contributed by atoms with van der Waals surface area (Å²) in [5.74, 6) is 0. The van der Waals surface area contributed by atoms with Crippen molar-refractivity contribution in [1.82, 2.24) is 0 Å². The normalized spacial score (nSPS) is 18.1. The number of nitrogens with zero attached hydrogens (tertiary/aromatic N) is 1. The van der Waals surface area contributed by atoms with Crippen LogP contribution in [0.1, 0.15) is 45.4 Å². The highest BCUT2D eigenvalue weighted by Gasteiger charge is 2.29. The van der Waals surface area contributed by atoms with Crippen molar-refractivity contribution < 1.29 is 25.5 Å². The molecular formula is C14H29NO5. The maximum Gasteiger partial charge on any atom is 0.111 e. The lowest BCUT2D eigenvalue weighted by Crippen LogP contribution is -2.46. The third-order valence-corrected chi connectivity index (χ3v) is 3.18. The Morgan fingerprint density at radius 1 is 0.900 bits per heavy atom. The van der Waals surface area contributed by atoms with Crippen molar-refractivity contribution in [1.29, 1.82) is 0 Å². The summed E-state index contributed by atoms with van der Waals surface area (Å²) in [4.78, 5) is 3.99. The van der Waals surface area contributed by atoms with Crippen LogP contribution in [-0.2, 0) is 0 Å². The summed E-state index contributed by atoms with van der Waals surface area (Å²) in [5, 5.41) is 46.3. The first-order valence-corrected chi connectivity index (χ1v) is 7.36. The van der Waals surface area contributed by atoms with Crippen LogP contribution < -0.4 is 0 Å². The Bertz CT molecular complexity index is 250. The molecule has 0 aromatic heterocycles. The molecule has 6 heteroatoms. The summed E-state index contributed by atoms with van der Waals surface area (Å²) in [6.07, 6.45) is 2.57. The lowest BCUT2D eigenvalue weighted by molar-refractivity contribution is -0.112. The maximum absolute atomic E-state index is 9.59. The molecule has 5 N–H and O–H groups in total. The molecule has 0 saturated carbocycles. The third kappa shape index (κ3) is 8.60. The minimum atomic E-state index is -1.58. The zero-order valence-electron chi connectivity index (χ0n) is 12.2. The molecule has 0 bridgehead atoms. The minimum Gasteiger partial charge on any atom is -0.394 e. The fourth-order valence-electron chi connectivity index (χ4n) is 1.78. The molecule has 0 spiro atoms. The van der Waals surface area contributed by atoms with Gasteiger partial charge in [-0.3, -0.25) is 4.99 Å². The Balaban J connectivity index is 3.77. The number of hydrogen-bond donors (Lipinski definition) is 5. The van der Waals surface area contributed by atoms with Crippen LogP contribution in [0.3, 0.4) is 0 Å². The van der Waals surface area contributed by atoms with Crippen LogP contribution in [0.4, 0.5) is 0 Å². The van der Waals surface area contributed by atoms with E-state index >= 15 is 0 Å². The van der Waals surface area contributed by atoms with Gasteiger partial charge in [0.05, 0.1) is 13.2 Å². The largest absolute Gasteiger partial charge is 0.394 e. The number of hydrogen-bond acceptors (Lipinski definition) is 6. The van der Waals surface area contributed by atoms with Crippen LogP contribution in [-0.4, -0.2) is 69.3 Å². The molecule has 0 aromatic carbocycles. The topological polar surface area (TPSA) is 114 Å². The number of aliphatic hydroxyl groups is 5. The molecule has 0 amide bonds. The van der Waals surface area contributed by atoms with Crippen molar-refractivity contribution in [2.75, 3.05) is 13.2 Å². The third-order valence-electron chi connectivity index (χ3n) is 3.18. The molecule has 0 rings (SSSR count). The zero-order valence-corrected chi connectivity index (χ0v) is 12.2. The molecule has 0 unspecified atom stereocenters. The molecule has 20 heavy (non-hydrogen) atoms. The highest BCUT2D eigenvalue weighted by atomic mass is 16.4. The summed E-state index contributed by atoms with van der Waals surface area (Å²) in [6, 6.07) is 0. The number of unbranched alkanes of at least 4 members (excludes halogenated alkanes) is 5. The zero-order chi connectivity index (χ0) is 15.4. The molecular weight excluding hydrogens is 262 g/mol. The first kappa shape index (κ1) is 19.5. The van der Waals surface area contributed by atoms with Gasteiger partial charge < -0.3 is 25.5 Å². The Kier molecular flexibility index (Phi) is 11.9. The maximum atomic E-state index is 9.59. The van der Waals surface area contributed by atoms with Crippen LogP contribution in [0.25, 0.3) is 0 Å². The van der Waals surface area contributed by atoms with E-state index in [2.05, 4.69) is 11.9 Å². The molecule has 0 aromatic rings. The van der Waals surface area contributed by atoms with Crippen LogP contribution in [0.15, 0.2) is 4.99 Å². The first-order chi connectivity index (χ1) is 9.54. The van der Waals surface area contributed by atoms with Gasteiger partial charge >= 0.3 is 0 Å². The van der Waals surface area contributed by atoms with Crippen LogP contribution in [0, 0.1) is 0 Å². The average Bonchev–Trinajstić information content (AvgIpc) is 2.47. The lowest BCUT2D eigenvalue weighted by atomic mass is 10.0. The van der Waals surface area contributed by atoms with Gasteiger partial charge in [-0.25, -0.2) is 0 Å². The molecule has 0 radical (unpaired) electrons. The summed E-state index contributed by atoms with van der Waals surface area (Å²) >= 11 is 0. The van der Waals surface area contributed by atoms with Gasteiger partial charge in [0.25, 0.3) is 0 Å². The predicted molar refractivity (Wildman–Crippen MR) is 77.8 cm³/mol. The van der Waals surface area contributed by atoms with E-state index in [0.29, 0.717) is 0 Å². The van der Waals surface area contributed by atoms with Gasteiger partial charge in [0.15, 0.2) is 0 Å². The number of aliphatic imine (C=N–C) groups is 1. The average molecular weight is 291 g/mol. The van der Waals surface area contributed by atoms with Crippen molar-refractivity contribution in [2.45, 2.75) is 69.9 Å². The van der Waals surface area contributed by atoms with Crippen LogP contribution in [0.2, 0.25) is 0 Å². The van der Waals surface area contributed by atoms with E-state index in [1.807, 2.05) is 0 Å². The lowest BCUT2D eigenvalue weighted by Gasteiger charge is -2.24. The van der Waals surface area contributed by atoms with Crippen molar-refractivity contribution >= 4 is 6.21 Å². The fourth-order valence-corrected chi connectivity index (χ4v) is 1.78. The highest BCUT2D eigenvalue weighted by Crippen LogP contribution is 2.06. The smallest absolute Gasteiger partial charge is 0.111 e. The van der Waals surface area contributed by atoms with E-state index in [4.69, 9.17) is 10.2 Å². The van der Waals surface area contributed by atoms with Gasteiger partial charge in [0.2, 0.25) is 0 Å². The second-order valence-electron chi connectivity index (χ2n) is 5.05. The molecule has 0 heterocycles. The van der Waals surface area contributed by atoms with Crippen molar-refractivity contribution in [3.05, 3.63) is 0 Å². The van der Waals surface area contributed by atoms with Crippen molar-refractivity contribution in [3.63, 3.8) is 0 Å². The SMILES string of the molecule is CCCCCCCC=NC[C@H](O)[C@@H](O)[C@H](O)[C@H](O)CO. The van der Waals surface area contributed by atoms with E-state index in [-0.39, 0.29) is 6.54 Å². The Morgan fingerprint density at radius 2 is 1.50 bits per heavy atom. The van der Waals surface area contributed by atoms with Crippen LogP contribution in [0.5, 0.6) is 0 Å². The van der Waals surface area contributed by atoms with Crippen molar-refractivity contribution in [2.24, 2.45) is 4.99 Å². The van der Waals surface area contributed by atoms with Crippen molar-refractivity contribution in [3.8, 4) is 0 Å². The van der Waals surface area contributed by atoms with E-state index < -0.39 is 31.0 Å². The summed E-state index contributed by atoms with van der Waals surface area (Å²) in [5.41, 5.74) is 0. The van der Waals surface area contributed by atoms with E-state index in [1.165, 1.54) is 19.3 Å². The van der Waals surface area contributed by atoms with Gasteiger partial charge in [0, 0.05) is 0 Å². The second-order valence-corrected chi connectivity index (χ2v) is 5.05. The van der Waals surface area contributed by atoms with E-state index in [9.17, 15) is 15.3 Å². The quantitative estimate of drug-likeness (QED) is 0.253. The summed E-state index contributed by atoms with van der Waals surface area (Å²) in [6.45, 7) is 1.45. The Hall–Kier alpha value is -0.530. The van der Waals surface area contributed by atoms with Gasteiger partial charge in [-0.05, 0) is 19.1 Å². The minimum absolute atomic E-state index is 0.0364. The molecule has 0 fully saturated rings. The van der Waals surface area contributed by atoms with Gasteiger partial charge in [-0.1, -0.05) is 32.6 Å². The molecule has 0 saturated heterocycles. The van der Waals surface area contributed by atoms with Crippen LogP contribution >= 0.6 is 0 Å². The standard InChI is InChI=1S/C14H29NO5/c1-2-3-4-5-6-7-8-15-9-11(17)13(19)14(20)12(18)10-16/h8,11-14,16-20H,2-7,9-10H2,1H3/t11-,12+,13+,14+/m0/s1. The van der Waals surface area contributed by atoms with E-state index in [0.717, 1.165) is 19.3 Å². The summed E-state index contributed by atoms with van der Waals surface area (Å²) in [7, 11) is 0. The molecule has 0 aliphatic heterocycles. The number of rotatable bonds is 12. The van der Waals surface area contributed by atoms with Gasteiger partial charge in [-0.15, -0.1) is 0 Å². The molecule has 0 aliphatic rings. The molecule has 4 atom stereocenters. The Morgan fingerprint density at radius 3 is 2.10 bits per heavy atom. The first-order valence-electron chi connectivity index (χ1n) is 7.36. The highest BCUT2D eigenvalue weighted by molar-refractivity contribution is 5.56. The fraction of sp³-hybridized carbons (Fsp3) is 0.929. The molecule has 120 valence electrons. The molecule has 0 aliphatic carbocycles.